The Labute approximate surface area is 155 Å². The summed E-state index contributed by atoms with van der Waals surface area (Å²) in [4.78, 5) is 15.7. The van der Waals surface area contributed by atoms with Crippen LogP contribution in [-0.4, -0.2) is 50.6 Å². The largest absolute Gasteiger partial charge is 0.497 e. The van der Waals surface area contributed by atoms with Gasteiger partial charge in [-0.1, -0.05) is 18.2 Å². The van der Waals surface area contributed by atoms with Crippen molar-refractivity contribution in [1.82, 2.24) is 4.90 Å². The van der Waals surface area contributed by atoms with Gasteiger partial charge < -0.3 is 14.4 Å². The van der Waals surface area contributed by atoms with Crippen LogP contribution in [0.25, 0.3) is 10.8 Å². The minimum atomic E-state index is -0.0804. The summed E-state index contributed by atoms with van der Waals surface area (Å²) in [6.07, 6.45) is 3.64. The minimum Gasteiger partial charge on any atom is -0.497 e. The molecule has 0 aromatic heterocycles. The number of Topliss-reactive ketones (excluding diaryl/α,β-unsaturated/α-hetero) is 1. The lowest BCUT2D eigenvalue weighted by atomic mass is 9.86. The highest BCUT2D eigenvalue weighted by Gasteiger charge is 2.36. The van der Waals surface area contributed by atoms with Crippen LogP contribution in [0.4, 0.5) is 0 Å². The van der Waals surface area contributed by atoms with Crippen molar-refractivity contribution in [2.75, 3.05) is 33.9 Å². The highest BCUT2D eigenvalue weighted by molar-refractivity contribution is 6.02. The van der Waals surface area contributed by atoms with Gasteiger partial charge in [-0.3, -0.25) is 4.79 Å². The molecule has 1 saturated heterocycles. The number of hydrogen-bond acceptors (Lipinski definition) is 4. The minimum absolute atomic E-state index is 0.0181. The SMILES string of the molecule is COc1ccc2cc(C(=O)[C@@H]3CN(CC4CC4)CC[C@H]3OC)ccc2c1. The third-order valence-corrected chi connectivity index (χ3v) is 5.82. The first-order chi connectivity index (χ1) is 12.7. The number of methoxy groups -OCH3 is 2. The monoisotopic (exact) mass is 353 g/mol. The maximum Gasteiger partial charge on any atom is 0.169 e. The Morgan fingerprint density at radius 2 is 1.85 bits per heavy atom. The number of piperidine rings is 1. The first-order valence-electron chi connectivity index (χ1n) is 9.55. The Balaban J connectivity index is 1.56. The second-order valence-electron chi connectivity index (χ2n) is 7.66. The summed E-state index contributed by atoms with van der Waals surface area (Å²) >= 11 is 0. The molecule has 1 saturated carbocycles. The molecule has 4 heteroatoms. The van der Waals surface area contributed by atoms with Crippen LogP contribution in [0, 0.1) is 11.8 Å². The van der Waals surface area contributed by atoms with Gasteiger partial charge in [0.1, 0.15) is 5.75 Å². The molecule has 0 amide bonds. The van der Waals surface area contributed by atoms with Gasteiger partial charge in [0.05, 0.1) is 19.1 Å². The fourth-order valence-electron chi connectivity index (χ4n) is 4.08. The van der Waals surface area contributed by atoms with Crippen LogP contribution in [0.15, 0.2) is 36.4 Å². The molecule has 0 radical (unpaired) electrons. The van der Waals surface area contributed by atoms with Gasteiger partial charge in [-0.15, -0.1) is 0 Å². The van der Waals surface area contributed by atoms with Gasteiger partial charge >= 0.3 is 0 Å². The highest BCUT2D eigenvalue weighted by Crippen LogP contribution is 2.32. The van der Waals surface area contributed by atoms with Crippen molar-refractivity contribution in [3.05, 3.63) is 42.0 Å². The van der Waals surface area contributed by atoms with Gasteiger partial charge in [0, 0.05) is 32.3 Å². The standard InChI is InChI=1S/C22H27NO3/c1-25-19-8-7-16-11-18(6-5-17(16)12-19)22(24)20-14-23(13-15-3-4-15)10-9-21(20)26-2/h5-8,11-12,15,20-21H,3-4,9-10,13-14H2,1-2H3/t20-,21-/m1/s1. The number of nitrogens with zero attached hydrogens (tertiary/aromatic N) is 1. The van der Waals surface area contributed by atoms with Crippen LogP contribution in [0.3, 0.4) is 0 Å². The van der Waals surface area contributed by atoms with E-state index in [0.717, 1.165) is 54.1 Å². The first-order valence-corrected chi connectivity index (χ1v) is 9.55. The fourth-order valence-corrected chi connectivity index (χ4v) is 4.08. The van der Waals surface area contributed by atoms with E-state index in [2.05, 4.69) is 4.90 Å². The summed E-state index contributed by atoms with van der Waals surface area (Å²) in [7, 11) is 3.40. The van der Waals surface area contributed by atoms with Crippen molar-refractivity contribution in [3.8, 4) is 5.75 Å². The Morgan fingerprint density at radius 3 is 2.58 bits per heavy atom. The molecule has 4 nitrogen and oxygen atoms in total. The predicted molar refractivity (Wildman–Crippen MR) is 103 cm³/mol. The lowest BCUT2D eigenvalue weighted by Gasteiger charge is -2.37. The molecular formula is C22H27NO3. The smallest absolute Gasteiger partial charge is 0.169 e. The molecule has 1 aliphatic carbocycles. The molecule has 2 atom stereocenters. The van der Waals surface area contributed by atoms with Gasteiger partial charge in [0.15, 0.2) is 5.78 Å². The molecule has 0 spiro atoms. The van der Waals surface area contributed by atoms with Crippen LogP contribution >= 0.6 is 0 Å². The highest BCUT2D eigenvalue weighted by atomic mass is 16.5. The number of ketones is 1. The number of hydrogen-bond donors (Lipinski definition) is 0. The van der Waals surface area contributed by atoms with E-state index in [4.69, 9.17) is 9.47 Å². The van der Waals surface area contributed by atoms with Crippen LogP contribution in [0.2, 0.25) is 0 Å². The summed E-state index contributed by atoms with van der Waals surface area (Å²) in [5.74, 6) is 1.80. The number of rotatable bonds is 6. The van der Waals surface area contributed by atoms with Crippen molar-refractivity contribution < 1.29 is 14.3 Å². The van der Waals surface area contributed by atoms with E-state index in [1.807, 2.05) is 36.4 Å². The van der Waals surface area contributed by atoms with Gasteiger partial charge in [-0.25, -0.2) is 0 Å². The molecule has 138 valence electrons. The second kappa shape index (κ2) is 7.37. The average Bonchev–Trinajstić information content (AvgIpc) is 3.50. The maximum atomic E-state index is 13.3. The van der Waals surface area contributed by atoms with Crippen LogP contribution in [0.1, 0.15) is 29.6 Å². The molecule has 1 aliphatic heterocycles. The summed E-state index contributed by atoms with van der Waals surface area (Å²) < 4.78 is 11.0. The molecule has 26 heavy (non-hydrogen) atoms. The van der Waals surface area contributed by atoms with Crippen molar-refractivity contribution in [2.24, 2.45) is 11.8 Å². The maximum absolute atomic E-state index is 13.3. The molecule has 0 bridgehead atoms. The van der Waals surface area contributed by atoms with Crippen LogP contribution in [-0.2, 0) is 4.74 Å². The molecule has 2 aromatic rings. The first kappa shape index (κ1) is 17.5. The number of ether oxygens (including phenoxy) is 2. The van der Waals surface area contributed by atoms with Gasteiger partial charge in [0.25, 0.3) is 0 Å². The summed E-state index contributed by atoms with van der Waals surface area (Å²) in [6.45, 7) is 2.99. The Bertz CT molecular complexity index is 799. The second-order valence-corrected chi connectivity index (χ2v) is 7.66. The normalized spacial score (nSPS) is 23.9. The Hall–Kier alpha value is -1.91. The summed E-state index contributed by atoms with van der Waals surface area (Å²) in [5, 5.41) is 2.15. The van der Waals surface area contributed by atoms with Crippen molar-refractivity contribution in [3.63, 3.8) is 0 Å². The van der Waals surface area contributed by atoms with Crippen molar-refractivity contribution >= 4 is 16.6 Å². The molecule has 2 aromatic carbocycles. The van der Waals surface area contributed by atoms with Crippen LogP contribution in [0.5, 0.6) is 5.75 Å². The van der Waals surface area contributed by atoms with E-state index in [1.165, 1.54) is 12.8 Å². The number of carbonyl (C=O) groups excluding carboxylic acids is 1. The summed E-state index contributed by atoms with van der Waals surface area (Å²) in [6, 6.07) is 11.9. The number of carbonyl (C=O) groups is 1. The number of benzene rings is 2. The number of likely N-dealkylation sites (tertiary alicyclic amines) is 1. The number of fused-ring (bicyclic) bond motifs is 1. The lowest BCUT2D eigenvalue weighted by Crippen LogP contribution is -2.47. The third kappa shape index (κ3) is 3.62. The average molecular weight is 353 g/mol. The van der Waals surface area contributed by atoms with E-state index in [0.29, 0.717) is 0 Å². The zero-order chi connectivity index (χ0) is 18.1. The predicted octanol–water partition coefficient (Wildman–Crippen LogP) is 3.78. The van der Waals surface area contributed by atoms with E-state index in [9.17, 15) is 4.79 Å². The lowest BCUT2D eigenvalue weighted by molar-refractivity contribution is -0.00137. The van der Waals surface area contributed by atoms with Gasteiger partial charge in [-0.05, 0) is 54.2 Å². The van der Waals surface area contributed by atoms with E-state index in [-0.39, 0.29) is 17.8 Å². The van der Waals surface area contributed by atoms with Crippen molar-refractivity contribution in [1.29, 1.82) is 0 Å². The zero-order valence-corrected chi connectivity index (χ0v) is 15.6. The molecule has 0 unspecified atom stereocenters. The molecule has 2 fully saturated rings. The molecule has 1 heterocycles. The Kier molecular flexibility index (Phi) is 4.96. The summed E-state index contributed by atoms with van der Waals surface area (Å²) in [5.41, 5.74) is 0.781. The molecule has 2 aliphatic rings. The molecule has 0 N–H and O–H groups in total. The van der Waals surface area contributed by atoms with Crippen molar-refractivity contribution in [2.45, 2.75) is 25.4 Å². The fraction of sp³-hybridized carbons (Fsp3) is 0.500. The quantitative estimate of drug-likeness (QED) is 0.741. The third-order valence-electron chi connectivity index (χ3n) is 5.82. The van der Waals surface area contributed by atoms with Gasteiger partial charge in [-0.2, -0.15) is 0 Å². The topological polar surface area (TPSA) is 38.8 Å². The Morgan fingerprint density at radius 1 is 1.08 bits per heavy atom. The molecule has 4 rings (SSSR count). The van der Waals surface area contributed by atoms with E-state index >= 15 is 0 Å². The van der Waals surface area contributed by atoms with E-state index < -0.39 is 0 Å². The van der Waals surface area contributed by atoms with Gasteiger partial charge in [0.2, 0.25) is 0 Å². The zero-order valence-electron chi connectivity index (χ0n) is 15.6. The van der Waals surface area contributed by atoms with Crippen LogP contribution < -0.4 is 4.74 Å². The van der Waals surface area contributed by atoms with E-state index in [1.54, 1.807) is 14.2 Å². The molecular weight excluding hydrogens is 326 g/mol.